The Morgan fingerprint density at radius 1 is 1.26 bits per heavy atom. The van der Waals surface area contributed by atoms with Crippen LogP contribution in [0.15, 0.2) is 28.8 Å². The van der Waals surface area contributed by atoms with E-state index in [-0.39, 0.29) is 17.1 Å². The molecule has 3 aliphatic rings. The zero-order valence-corrected chi connectivity index (χ0v) is 19.1. The molecule has 1 aromatic rings. The summed E-state index contributed by atoms with van der Waals surface area (Å²) >= 11 is 1.56. The summed E-state index contributed by atoms with van der Waals surface area (Å²) in [4.78, 5) is 38.2. The lowest BCUT2D eigenvalue weighted by molar-refractivity contribution is -0.139. The molecule has 0 spiro atoms. The smallest absolute Gasteiger partial charge is 0.339 e. The molecule has 4 atom stereocenters. The zero-order chi connectivity index (χ0) is 22.1. The van der Waals surface area contributed by atoms with Crippen LogP contribution < -0.4 is 5.32 Å². The molecule has 31 heavy (non-hydrogen) atoms. The largest absolute Gasteiger partial charge is 0.463 e. The number of thioether (sulfide) groups is 1. The first-order valence-corrected chi connectivity index (χ1v) is 12.0. The molecule has 0 radical (unpaired) electrons. The Kier molecular flexibility index (Phi) is 6.42. The fourth-order valence-corrected chi connectivity index (χ4v) is 6.44. The van der Waals surface area contributed by atoms with E-state index in [0.29, 0.717) is 35.1 Å². The van der Waals surface area contributed by atoms with Crippen LogP contribution in [0.4, 0.5) is 0 Å². The van der Waals surface area contributed by atoms with Gasteiger partial charge in [-0.3, -0.25) is 4.79 Å². The lowest BCUT2D eigenvalue weighted by atomic mass is 9.77. The summed E-state index contributed by atoms with van der Waals surface area (Å²) < 4.78 is 10.8. The van der Waals surface area contributed by atoms with Crippen molar-refractivity contribution in [1.82, 2.24) is 5.32 Å². The highest BCUT2D eigenvalue weighted by Crippen LogP contribution is 2.50. The van der Waals surface area contributed by atoms with Gasteiger partial charge in [0.1, 0.15) is 0 Å². The number of esters is 2. The van der Waals surface area contributed by atoms with E-state index in [2.05, 4.69) is 12.2 Å². The quantitative estimate of drug-likeness (QED) is 0.695. The molecular formula is C24H29NO5S. The Labute approximate surface area is 187 Å². The third-order valence-corrected chi connectivity index (χ3v) is 7.91. The summed E-state index contributed by atoms with van der Waals surface area (Å²) in [5, 5.41) is 3.76. The Bertz CT molecular complexity index is 940. The Morgan fingerprint density at radius 3 is 2.81 bits per heavy atom. The highest BCUT2D eigenvalue weighted by atomic mass is 32.2. The zero-order valence-electron chi connectivity index (χ0n) is 18.2. The molecule has 4 unspecified atom stereocenters. The molecule has 1 amide bonds. The number of aryl methyl sites for hydroxylation is 1. The number of fused-ring (bicyclic) bond motifs is 2. The van der Waals surface area contributed by atoms with Gasteiger partial charge in [-0.15, -0.1) is 11.8 Å². The Balaban J connectivity index is 1.54. The van der Waals surface area contributed by atoms with Crippen molar-refractivity contribution in [3.63, 3.8) is 0 Å². The van der Waals surface area contributed by atoms with Crippen molar-refractivity contribution in [3.8, 4) is 0 Å². The van der Waals surface area contributed by atoms with Gasteiger partial charge in [-0.25, -0.2) is 9.59 Å². The Morgan fingerprint density at radius 2 is 2.06 bits per heavy atom. The molecule has 0 saturated heterocycles. The summed E-state index contributed by atoms with van der Waals surface area (Å²) in [6, 6.07) is 5.59. The number of amides is 1. The van der Waals surface area contributed by atoms with Gasteiger partial charge in [0, 0.05) is 17.6 Å². The molecular weight excluding hydrogens is 414 g/mol. The average Bonchev–Trinajstić information content (AvgIpc) is 3.11. The second-order valence-corrected chi connectivity index (χ2v) is 9.81. The molecule has 2 heterocycles. The highest BCUT2D eigenvalue weighted by molar-refractivity contribution is 8.04. The van der Waals surface area contributed by atoms with Crippen LogP contribution in [-0.4, -0.2) is 35.8 Å². The molecule has 1 N–H and O–H groups in total. The van der Waals surface area contributed by atoms with E-state index in [0.717, 1.165) is 36.8 Å². The van der Waals surface area contributed by atoms with Crippen LogP contribution in [-0.2, 0) is 25.5 Å². The SMILES string of the molecule is CCOC(=O)C1=C(NC(=O)C2Cc3ccc(C)cc3C(=O)O2)SC2CC(CC)CCC12. The molecule has 1 saturated carbocycles. The molecule has 1 aromatic carbocycles. The fraction of sp³-hybridized carbons (Fsp3) is 0.542. The minimum Gasteiger partial charge on any atom is -0.463 e. The van der Waals surface area contributed by atoms with Gasteiger partial charge in [0.05, 0.1) is 22.8 Å². The van der Waals surface area contributed by atoms with Gasteiger partial charge in [0.15, 0.2) is 6.10 Å². The van der Waals surface area contributed by atoms with Crippen LogP contribution >= 0.6 is 11.8 Å². The Hall–Kier alpha value is -2.28. The average molecular weight is 444 g/mol. The van der Waals surface area contributed by atoms with Gasteiger partial charge in [-0.1, -0.05) is 31.0 Å². The maximum atomic E-state index is 13.0. The number of cyclic esters (lactones) is 1. The van der Waals surface area contributed by atoms with E-state index in [1.165, 1.54) is 0 Å². The lowest BCUT2D eigenvalue weighted by Crippen LogP contribution is -2.41. The van der Waals surface area contributed by atoms with Crippen LogP contribution in [0.2, 0.25) is 0 Å². The van der Waals surface area contributed by atoms with Crippen LogP contribution in [0.25, 0.3) is 0 Å². The number of carbonyl (C=O) groups is 3. The first-order valence-electron chi connectivity index (χ1n) is 11.1. The number of benzene rings is 1. The van der Waals surface area contributed by atoms with E-state index < -0.39 is 18.0 Å². The maximum absolute atomic E-state index is 13.0. The number of hydrogen-bond donors (Lipinski definition) is 1. The molecule has 1 fully saturated rings. The molecule has 6 nitrogen and oxygen atoms in total. The van der Waals surface area contributed by atoms with Gasteiger partial charge < -0.3 is 14.8 Å². The van der Waals surface area contributed by atoms with Gasteiger partial charge in [0.2, 0.25) is 0 Å². The topological polar surface area (TPSA) is 81.7 Å². The minimum atomic E-state index is -0.912. The van der Waals surface area contributed by atoms with Gasteiger partial charge >= 0.3 is 11.9 Å². The summed E-state index contributed by atoms with van der Waals surface area (Å²) in [5.74, 6) is -0.488. The van der Waals surface area contributed by atoms with E-state index >= 15 is 0 Å². The van der Waals surface area contributed by atoms with Crippen molar-refractivity contribution in [3.05, 3.63) is 45.5 Å². The molecule has 166 valence electrons. The molecule has 2 aliphatic heterocycles. The van der Waals surface area contributed by atoms with Crippen molar-refractivity contribution in [2.45, 2.75) is 64.2 Å². The monoisotopic (exact) mass is 443 g/mol. The van der Waals surface area contributed by atoms with E-state index in [4.69, 9.17) is 9.47 Å². The summed E-state index contributed by atoms with van der Waals surface area (Å²) in [6.45, 7) is 6.18. The molecule has 7 heteroatoms. The summed E-state index contributed by atoms with van der Waals surface area (Å²) in [6.07, 6.45) is 3.57. The second kappa shape index (κ2) is 9.07. The third-order valence-electron chi connectivity index (χ3n) is 6.53. The van der Waals surface area contributed by atoms with Gasteiger partial charge in [0.25, 0.3) is 5.91 Å². The molecule has 0 bridgehead atoms. The number of carbonyl (C=O) groups excluding carboxylic acids is 3. The summed E-state index contributed by atoms with van der Waals surface area (Å²) in [7, 11) is 0. The lowest BCUT2D eigenvalue weighted by Gasteiger charge is -2.31. The van der Waals surface area contributed by atoms with Crippen molar-refractivity contribution in [1.29, 1.82) is 0 Å². The third kappa shape index (κ3) is 4.38. The molecule has 1 aliphatic carbocycles. The molecule has 0 aromatic heterocycles. The van der Waals surface area contributed by atoms with Crippen molar-refractivity contribution in [2.24, 2.45) is 11.8 Å². The molecule has 4 rings (SSSR count). The predicted octanol–water partition coefficient (Wildman–Crippen LogP) is 3.91. The van der Waals surface area contributed by atoms with Crippen LogP contribution in [0.5, 0.6) is 0 Å². The highest BCUT2D eigenvalue weighted by Gasteiger charge is 2.44. The van der Waals surface area contributed by atoms with Crippen LogP contribution in [0.3, 0.4) is 0 Å². The van der Waals surface area contributed by atoms with E-state index in [1.807, 2.05) is 19.1 Å². The van der Waals surface area contributed by atoms with Gasteiger partial charge in [-0.05, 0) is 50.7 Å². The number of rotatable bonds is 5. The summed E-state index contributed by atoms with van der Waals surface area (Å²) in [5.41, 5.74) is 2.87. The number of hydrogen-bond acceptors (Lipinski definition) is 6. The number of ether oxygens (including phenoxy) is 2. The van der Waals surface area contributed by atoms with E-state index in [1.54, 1.807) is 24.8 Å². The maximum Gasteiger partial charge on any atom is 0.339 e. The minimum absolute atomic E-state index is 0.0970. The predicted molar refractivity (Wildman–Crippen MR) is 118 cm³/mol. The first kappa shape index (κ1) is 21.9. The van der Waals surface area contributed by atoms with Gasteiger partial charge in [-0.2, -0.15) is 0 Å². The van der Waals surface area contributed by atoms with Crippen LogP contribution in [0.1, 0.15) is 61.0 Å². The fourth-order valence-electron chi connectivity index (χ4n) is 4.81. The van der Waals surface area contributed by atoms with Crippen molar-refractivity contribution >= 4 is 29.6 Å². The van der Waals surface area contributed by atoms with Crippen molar-refractivity contribution < 1.29 is 23.9 Å². The van der Waals surface area contributed by atoms with Crippen molar-refractivity contribution in [2.75, 3.05) is 6.61 Å². The van der Waals surface area contributed by atoms with E-state index in [9.17, 15) is 14.4 Å². The standard InChI is InChI=1S/C24H29NO5S/c1-4-14-7-9-16-19(11-14)31-22(20(16)24(28)29-5-2)25-21(26)18-12-15-8-6-13(3)10-17(15)23(27)30-18/h6,8,10,14,16,18-19H,4-5,7,9,11-12H2,1-3H3,(H,25,26). The first-order chi connectivity index (χ1) is 14.9. The normalized spacial score (nSPS) is 27.3. The number of nitrogens with one attached hydrogen (secondary N) is 1. The van der Waals surface area contributed by atoms with Crippen LogP contribution in [0, 0.1) is 18.8 Å². The second-order valence-electron chi connectivity index (χ2n) is 8.56.